The summed E-state index contributed by atoms with van der Waals surface area (Å²) >= 11 is 6.91. The van der Waals surface area contributed by atoms with Crippen molar-refractivity contribution in [2.45, 2.75) is 250 Å². The van der Waals surface area contributed by atoms with Gasteiger partial charge in [-0.05, 0) is 202 Å². The Balaban J connectivity index is 1.18. The predicted molar refractivity (Wildman–Crippen MR) is 621 cm³/mol. The number of likely N-dealkylation sites (N-methyl/N-ethyl adjacent to an activating group) is 4. The van der Waals surface area contributed by atoms with E-state index in [1.807, 2.05) is 9.15 Å². The van der Waals surface area contributed by atoms with Gasteiger partial charge in [0, 0.05) is 74.3 Å². The fraction of sp³-hybridized carbons (Fsp3) is 0.533. The molecule has 0 spiro atoms. The van der Waals surface area contributed by atoms with Gasteiger partial charge in [-0.25, -0.2) is 9.97 Å². The van der Waals surface area contributed by atoms with E-state index >= 15 is 0 Å². The summed E-state index contributed by atoms with van der Waals surface area (Å²) in [4.78, 5) is 55.7. The first-order chi connectivity index (χ1) is 72.2. The molecule has 3 aliphatic heterocycles. The Morgan fingerprint density at radius 3 is 1.23 bits per heavy atom. The lowest BCUT2D eigenvalue weighted by molar-refractivity contribution is -0.717. The van der Waals surface area contributed by atoms with Crippen molar-refractivity contribution in [2.75, 3.05) is 154 Å². The molecule has 18 rings (SSSR count). The van der Waals surface area contributed by atoms with Crippen molar-refractivity contribution in [3.05, 3.63) is 103 Å². The molecule has 149 heavy (non-hydrogen) atoms. The first-order valence-electron chi connectivity index (χ1n) is 55.8. The minimum Gasteiger partial charge on any atom is -0.492 e. The summed E-state index contributed by atoms with van der Waals surface area (Å²) in [6, 6.07) is 35.4. The Bertz CT molecular complexity index is 7430. The van der Waals surface area contributed by atoms with Gasteiger partial charge in [0.1, 0.15) is 44.8 Å². The molecule has 8 aromatic carbocycles. The molecule has 29 heteroatoms. The van der Waals surface area contributed by atoms with E-state index in [4.69, 9.17) is 67.4 Å². The number of benzene rings is 8. The number of nitrogens with one attached hydrogen (secondary N) is 1. The monoisotopic (exact) mass is 2100 g/mol. The highest BCUT2D eigenvalue weighted by Gasteiger charge is 2.45. The number of hydrogen-bond donors (Lipinski definition) is 1. The van der Waals surface area contributed by atoms with Crippen LogP contribution in [0.25, 0.3) is 130 Å². The maximum absolute atomic E-state index is 8.64. The van der Waals surface area contributed by atoms with Gasteiger partial charge >= 0.3 is 0 Å². The standard InChI is InChI=1S/C120H160N16O9S4/c1-25-127(26-2)56-60-131-82-41-33-37-45-86(82)146-109-98(131)81(72-137-71-80(23)24)90-95(107(109)143-69-54-78(19)20)119-126-120-96-97(108(144-70-55-79(21)22)112-101(104(96)140-66-51-75(13)14)134(63-59-130(31-7)32-8)85-44-36-40-48-89(85)149-112)118-125-115-92-93(105(141-67-52-76(15)16)110-100(103(92)139-65-50-74(11)12)133(62-58-129(29-5)30-6)84-43-35-38-46-87(84)147-110)114(123-115)121-113-91-94(116(122-113)124-117(90)135(119)145-136(118)120)106(142-68-53-77(17)18)111-99(102(91)138-64-49-73(9)10)132(61-57-128(27-3)28-4)83-42-34-39-47-88(83)148-111/h33-48,73-80H,25-32,49-72H2,1-24H3/p+1. The topological polar surface area (TPSA) is 205 Å². The molecule has 10 heterocycles. The van der Waals surface area contributed by atoms with Crippen molar-refractivity contribution >= 4 is 176 Å². The zero-order valence-electron chi connectivity index (χ0n) is 93.0. The van der Waals surface area contributed by atoms with Crippen LogP contribution in [0.4, 0.5) is 22.7 Å². The number of fused-ring (bicyclic) bond motifs is 24. The molecule has 25 nitrogen and oxygen atoms in total. The Morgan fingerprint density at radius 1 is 0.356 bits per heavy atom. The van der Waals surface area contributed by atoms with Gasteiger partial charge in [0.25, 0.3) is 16.9 Å². The molecule has 0 saturated carbocycles. The molecule has 0 fully saturated rings. The average molecular weight is 2100 g/mol. The van der Waals surface area contributed by atoms with Crippen molar-refractivity contribution in [1.82, 2.24) is 63.2 Å². The molecule has 3 aliphatic rings. The number of aromatic amines is 1. The first-order valence-corrected chi connectivity index (χ1v) is 59.1. The van der Waals surface area contributed by atoms with E-state index < -0.39 is 0 Å². The second-order valence-electron chi connectivity index (χ2n) is 43.6. The second-order valence-corrected chi connectivity index (χ2v) is 47.8. The van der Waals surface area contributed by atoms with E-state index in [9.17, 15) is 0 Å². The number of nitrogens with zero attached hydrogens (tertiary/aromatic N) is 15. The molecule has 0 amide bonds. The van der Waals surface area contributed by atoms with E-state index in [0.717, 1.165) is 218 Å². The SMILES string of the molecule is CCN(CC)CCN1c2ccccc2Sc2c(OCCC(C)C)c3c(c(OCCC(C)C)c21)-c1nc-3nc2[nH]c(nc3c4c(COCC(C)C)c5c(sc6ccccc6n5CCN(CC)CC)c(OCCC(C)C)c4c4nc5c6c(OCCC(C)C)c7c(sc8ccccc8n7CCN(CC)CC)c(OCCC(C)C)c6c(n1)n5o[n+]43)c1c(OCCC(C)C)c3c(c(OCCC(C)C)c21)N(CCN(CC)CC)c1ccccc1S3. The van der Waals surface area contributed by atoms with Crippen LogP contribution < -0.4 is 47.5 Å². The fourth-order valence-corrected chi connectivity index (χ4v) is 25.5. The van der Waals surface area contributed by atoms with Crippen LogP contribution >= 0.6 is 46.2 Å². The molecular weight excluding hydrogens is 1940 g/mol. The molecule has 0 saturated heterocycles. The van der Waals surface area contributed by atoms with Crippen molar-refractivity contribution in [1.29, 1.82) is 0 Å². The summed E-state index contributed by atoms with van der Waals surface area (Å²) in [7, 11) is 0. The van der Waals surface area contributed by atoms with Gasteiger partial charge in [-0.2, -0.15) is 9.61 Å². The first kappa shape index (κ1) is 108. The van der Waals surface area contributed by atoms with Crippen molar-refractivity contribution in [3.63, 3.8) is 0 Å². The summed E-state index contributed by atoms with van der Waals surface area (Å²) < 4.78 is 84.8. The maximum Gasteiger partial charge on any atom is 0.287 e. The van der Waals surface area contributed by atoms with Crippen LogP contribution in [0.3, 0.4) is 0 Å². The van der Waals surface area contributed by atoms with E-state index in [-0.39, 0.29) is 54.0 Å². The van der Waals surface area contributed by atoms with Gasteiger partial charge in [-0.15, -0.1) is 27.7 Å². The highest BCUT2D eigenvalue weighted by atomic mass is 32.2. The van der Waals surface area contributed by atoms with E-state index in [1.165, 1.54) is 0 Å². The third kappa shape index (κ3) is 22.2. The van der Waals surface area contributed by atoms with Crippen LogP contribution in [0, 0.1) is 47.3 Å². The van der Waals surface area contributed by atoms with Gasteiger partial charge in [-0.1, -0.05) is 243 Å². The summed E-state index contributed by atoms with van der Waals surface area (Å²) in [5.41, 5.74) is 12.5. The molecule has 798 valence electrons. The lowest BCUT2D eigenvalue weighted by atomic mass is 10.0. The summed E-state index contributed by atoms with van der Waals surface area (Å²) in [5, 5.41) is 4.03. The van der Waals surface area contributed by atoms with Gasteiger partial charge < -0.3 is 81.4 Å². The van der Waals surface area contributed by atoms with Gasteiger partial charge in [0.05, 0.1) is 142 Å². The van der Waals surface area contributed by atoms with Crippen LogP contribution in [-0.2, 0) is 24.4 Å². The molecule has 15 aromatic rings. The zero-order valence-corrected chi connectivity index (χ0v) is 96.3. The molecule has 0 unspecified atom stereocenters. The van der Waals surface area contributed by atoms with Crippen molar-refractivity contribution < 1.29 is 47.1 Å². The van der Waals surface area contributed by atoms with E-state index in [2.05, 4.69) is 307 Å². The molecular formula is C120H161N16O9S4+. The molecule has 1 N–H and O–H groups in total. The van der Waals surface area contributed by atoms with Crippen molar-refractivity contribution in [2.24, 2.45) is 47.3 Å². The summed E-state index contributed by atoms with van der Waals surface area (Å²) in [6.45, 7) is 70.0. The maximum atomic E-state index is 8.64. The Hall–Kier alpha value is -10.3. The largest absolute Gasteiger partial charge is 0.492 e. The van der Waals surface area contributed by atoms with E-state index in [1.54, 1.807) is 46.2 Å². The van der Waals surface area contributed by atoms with Gasteiger partial charge in [0.15, 0.2) is 40.4 Å². The lowest BCUT2D eigenvalue weighted by Crippen LogP contribution is -2.34. The van der Waals surface area contributed by atoms with Crippen LogP contribution in [0.1, 0.15) is 217 Å². The molecule has 0 aliphatic carbocycles. The fourth-order valence-electron chi connectivity index (χ4n) is 20.7. The summed E-state index contributed by atoms with van der Waals surface area (Å²) in [6.07, 6.45) is 5.21. The Labute approximate surface area is 897 Å². The smallest absolute Gasteiger partial charge is 0.287 e. The Morgan fingerprint density at radius 2 is 0.732 bits per heavy atom. The molecule has 6 bridgehead atoms. The highest BCUT2D eigenvalue weighted by Crippen LogP contribution is 2.65. The third-order valence-electron chi connectivity index (χ3n) is 29.5. The van der Waals surface area contributed by atoms with E-state index in [0.29, 0.717) is 203 Å². The minimum absolute atomic E-state index is 0.158. The number of aromatic nitrogens is 10. The number of rotatable bonds is 52. The van der Waals surface area contributed by atoms with Gasteiger partial charge in [-0.3, -0.25) is 0 Å². The zero-order chi connectivity index (χ0) is 105. The normalized spacial score (nSPS) is 13.2. The van der Waals surface area contributed by atoms with Crippen LogP contribution in [-0.4, -0.2) is 208 Å². The highest BCUT2D eigenvalue weighted by molar-refractivity contribution is 8.00. The third-order valence-corrected chi connectivity index (χ3v) is 34.1. The minimum atomic E-state index is 0.158. The number of para-hydroxylation sites is 4. The molecule has 0 radical (unpaired) electrons. The molecule has 0 atom stereocenters. The number of H-pyrrole nitrogens is 1. The summed E-state index contributed by atoms with van der Waals surface area (Å²) in [5.74, 6) is 7.08. The van der Waals surface area contributed by atoms with Crippen LogP contribution in [0.2, 0.25) is 0 Å². The predicted octanol–water partition coefficient (Wildman–Crippen LogP) is 29.3. The number of anilines is 4. The van der Waals surface area contributed by atoms with Crippen LogP contribution in [0.15, 0.2) is 121 Å². The van der Waals surface area contributed by atoms with Crippen LogP contribution in [0.5, 0.6) is 40.2 Å². The number of ether oxygens (including phenoxy) is 8. The second kappa shape index (κ2) is 48.3. The lowest BCUT2D eigenvalue weighted by Gasteiger charge is -2.37. The molecule has 7 aromatic heterocycles. The Kier molecular flexibility index (Phi) is 35.2. The van der Waals surface area contributed by atoms with Gasteiger partial charge in [0.2, 0.25) is 11.3 Å². The number of hydrogen-bond acceptors (Lipinski definition) is 24. The quantitative estimate of drug-likeness (QED) is 0.0278. The van der Waals surface area contributed by atoms with Crippen molar-refractivity contribution in [3.8, 4) is 63.0 Å². The average Bonchev–Trinajstić information content (AvgIpc) is 1.51.